The molecule has 0 saturated carbocycles. The van der Waals surface area contributed by atoms with Gasteiger partial charge in [0.1, 0.15) is 22.8 Å². The summed E-state index contributed by atoms with van der Waals surface area (Å²) in [5, 5.41) is 3.11. The minimum absolute atomic E-state index is 0.0374. The lowest BCUT2D eigenvalue weighted by Crippen LogP contribution is -2.42. The number of fused-ring (bicyclic) bond motifs is 3. The molecule has 3 aliphatic heterocycles. The van der Waals surface area contributed by atoms with Crippen LogP contribution in [-0.2, 0) is 14.3 Å². The Labute approximate surface area is 203 Å². The molecule has 4 heterocycles. The number of amides is 3. The summed E-state index contributed by atoms with van der Waals surface area (Å²) in [6, 6.07) is 6.48. The Morgan fingerprint density at radius 2 is 2.06 bits per heavy atom. The third-order valence-electron chi connectivity index (χ3n) is 5.71. The number of nitrogens with one attached hydrogen (secondary N) is 1. The van der Waals surface area contributed by atoms with Crippen LogP contribution in [0.15, 0.2) is 24.3 Å². The summed E-state index contributed by atoms with van der Waals surface area (Å²) in [6.07, 6.45) is -0.547. The molecule has 0 spiro atoms. The Bertz CT molecular complexity index is 1110. The molecule has 0 radical (unpaired) electrons. The van der Waals surface area contributed by atoms with Gasteiger partial charge in [0, 0.05) is 24.7 Å². The van der Waals surface area contributed by atoms with Gasteiger partial charge in [0.25, 0.3) is 11.8 Å². The molecule has 2 atom stereocenters. The van der Waals surface area contributed by atoms with Crippen molar-refractivity contribution in [3.05, 3.63) is 38.5 Å². The summed E-state index contributed by atoms with van der Waals surface area (Å²) < 4.78 is 17.0. The minimum Gasteiger partial charge on any atom is -0.491 e. The van der Waals surface area contributed by atoms with E-state index >= 15 is 0 Å². The van der Waals surface area contributed by atoms with E-state index in [0.717, 1.165) is 11.3 Å². The van der Waals surface area contributed by atoms with E-state index in [1.54, 1.807) is 28.0 Å². The van der Waals surface area contributed by atoms with Crippen molar-refractivity contribution in [1.82, 2.24) is 5.32 Å². The van der Waals surface area contributed by atoms with E-state index in [2.05, 4.69) is 5.32 Å². The Morgan fingerprint density at radius 1 is 1.21 bits per heavy atom. The Hall–Kier alpha value is -2.53. The van der Waals surface area contributed by atoms with Crippen LogP contribution < -0.4 is 19.9 Å². The SMILES string of the molecule is O=C(NC[C@@H]1OC(=O)N2c3ccc(N4CCOCC4=O)cc3OCC[C@@H]12)c1cc(Cl)c(Cl)s1. The molecule has 5 rings (SSSR count). The van der Waals surface area contributed by atoms with Crippen LogP contribution in [0.1, 0.15) is 16.1 Å². The standard InChI is InChI=1S/C21H19Cl2N3O6S/c22-12-8-17(33-19(12)23)20(28)24-9-16-14-3-5-31-15-7-11(25-4-6-30-10-18(25)27)1-2-13(15)26(14)21(29)32-16/h1-2,7-8,14,16H,3-6,9-10H2,(H,24,28)/t14-,16-/m0/s1. The molecule has 0 bridgehead atoms. The summed E-state index contributed by atoms with van der Waals surface area (Å²) in [5.41, 5.74) is 1.25. The highest BCUT2D eigenvalue weighted by atomic mass is 35.5. The van der Waals surface area contributed by atoms with Crippen molar-refractivity contribution in [3.8, 4) is 5.75 Å². The number of rotatable bonds is 4. The van der Waals surface area contributed by atoms with E-state index in [9.17, 15) is 14.4 Å². The van der Waals surface area contributed by atoms with Crippen LogP contribution in [0.2, 0.25) is 9.36 Å². The van der Waals surface area contributed by atoms with Gasteiger partial charge in [-0.25, -0.2) is 4.79 Å². The smallest absolute Gasteiger partial charge is 0.415 e. The Morgan fingerprint density at radius 3 is 2.82 bits per heavy atom. The number of carbonyl (C=O) groups is 3. The topological polar surface area (TPSA) is 97.4 Å². The minimum atomic E-state index is -0.553. The van der Waals surface area contributed by atoms with Crippen molar-refractivity contribution in [2.75, 3.05) is 42.7 Å². The monoisotopic (exact) mass is 511 g/mol. The van der Waals surface area contributed by atoms with Crippen LogP contribution in [0.5, 0.6) is 5.75 Å². The molecule has 174 valence electrons. The molecule has 3 aliphatic rings. The molecule has 9 nitrogen and oxygen atoms in total. The van der Waals surface area contributed by atoms with Crippen LogP contribution in [0.3, 0.4) is 0 Å². The molecule has 2 fully saturated rings. The number of carbonyl (C=O) groups excluding carboxylic acids is 3. The molecule has 0 aliphatic carbocycles. The van der Waals surface area contributed by atoms with E-state index in [1.165, 1.54) is 6.07 Å². The Kier molecular flexibility index (Phi) is 6.09. The molecule has 3 amide bonds. The van der Waals surface area contributed by atoms with Crippen LogP contribution in [0, 0.1) is 0 Å². The molecule has 1 N–H and O–H groups in total. The van der Waals surface area contributed by atoms with Crippen molar-refractivity contribution >= 4 is 63.8 Å². The number of benzene rings is 1. The van der Waals surface area contributed by atoms with Gasteiger partial charge < -0.3 is 24.4 Å². The number of cyclic esters (lactones) is 1. The van der Waals surface area contributed by atoms with Crippen molar-refractivity contribution in [3.63, 3.8) is 0 Å². The zero-order chi connectivity index (χ0) is 23.1. The van der Waals surface area contributed by atoms with Crippen molar-refractivity contribution in [2.24, 2.45) is 0 Å². The zero-order valence-corrected chi connectivity index (χ0v) is 19.5. The maximum atomic E-state index is 12.8. The highest BCUT2D eigenvalue weighted by molar-refractivity contribution is 7.18. The maximum Gasteiger partial charge on any atom is 0.415 e. The number of hydrogen-bond donors (Lipinski definition) is 1. The lowest BCUT2D eigenvalue weighted by atomic mass is 10.1. The van der Waals surface area contributed by atoms with Gasteiger partial charge in [0.15, 0.2) is 0 Å². The maximum absolute atomic E-state index is 12.8. The third kappa shape index (κ3) is 4.23. The molecule has 0 unspecified atom stereocenters. The van der Waals surface area contributed by atoms with Gasteiger partial charge in [-0.3, -0.25) is 14.5 Å². The molecular formula is C21H19Cl2N3O6S. The quantitative estimate of drug-likeness (QED) is 0.675. The van der Waals surface area contributed by atoms with Crippen molar-refractivity contribution in [2.45, 2.75) is 18.6 Å². The van der Waals surface area contributed by atoms with Gasteiger partial charge in [0.2, 0.25) is 0 Å². The highest BCUT2D eigenvalue weighted by Crippen LogP contribution is 2.40. The van der Waals surface area contributed by atoms with E-state index in [-0.39, 0.29) is 31.0 Å². The second-order valence-electron chi connectivity index (χ2n) is 7.69. The number of morpholine rings is 1. The van der Waals surface area contributed by atoms with Gasteiger partial charge in [-0.2, -0.15) is 0 Å². The van der Waals surface area contributed by atoms with E-state index in [4.69, 9.17) is 37.4 Å². The molecule has 1 aromatic carbocycles. The molecule has 2 saturated heterocycles. The van der Waals surface area contributed by atoms with Gasteiger partial charge >= 0.3 is 6.09 Å². The first-order chi connectivity index (χ1) is 15.9. The summed E-state index contributed by atoms with van der Waals surface area (Å²) in [4.78, 5) is 41.0. The number of thiophene rings is 1. The van der Waals surface area contributed by atoms with Gasteiger partial charge in [-0.1, -0.05) is 23.2 Å². The van der Waals surface area contributed by atoms with Crippen LogP contribution >= 0.6 is 34.5 Å². The summed E-state index contributed by atoms with van der Waals surface area (Å²) in [6.45, 7) is 1.44. The molecule has 12 heteroatoms. The third-order valence-corrected chi connectivity index (χ3v) is 7.58. The normalized spacial score (nSPS) is 22.2. The number of anilines is 2. The summed E-state index contributed by atoms with van der Waals surface area (Å²) >= 11 is 12.9. The molecule has 1 aromatic heterocycles. The number of nitrogens with zero attached hydrogens (tertiary/aromatic N) is 2. The fraction of sp³-hybridized carbons (Fsp3) is 0.381. The van der Waals surface area contributed by atoms with Gasteiger partial charge in [-0.05, 0) is 18.2 Å². The first kappa shape index (κ1) is 22.3. The van der Waals surface area contributed by atoms with E-state index in [1.807, 2.05) is 0 Å². The fourth-order valence-electron chi connectivity index (χ4n) is 4.14. The lowest BCUT2D eigenvalue weighted by molar-refractivity contribution is -0.125. The van der Waals surface area contributed by atoms with Crippen molar-refractivity contribution < 1.29 is 28.6 Å². The van der Waals surface area contributed by atoms with Crippen LogP contribution in [0.4, 0.5) is 16.2 Å². The average molecular weight is 512 g/mol. The second-order valence-corrected chi connectivity index (χ2v) is 9.75. The lowest BCUT2D eigenvalue weighted by Gasteiger charge is -2.28. The average Bonchev–Trinajstić information content (AvgIpc) is 3.22. The molecule has 33 heavy (non-hydrogen) atoms. The largest absolute Gasteiger partial charge is 0.491 e. The highest BCUT2D eigenvalue weighted by Gasteiger charge is 2.45. The first-order valence-electron chi connectivity index (χ1n) is 10.3. The summed E-state index contributed by atoms with van der Waals surface area (Å²) in [5.74, 6) is 0.0320. The van der Waals surface area contributed by atoms with Gasteiger partial charge in [0.05, 0.1) is 41.4 Å². The predicted octanol–water partition coefficient (Wildman–Crippen LogP) is 3.32. The molecular weight excluding hydrogens is 493 g/mol. The summed E-state index contributed by atoms with van der Waals surface area (Å²) in [7, 11) is 0. The zero-order valence-electron chi connectivity index (χ0n) is 17.2. The van der Waals surface area contributed by atoms with Gasteiger partial charge in [-0.15, -0.1) is 11.3 Å². The molecule has 2 aromatic rings. The van der Waals surface area contributed by atoms with E-state index < -0.39 is 12.2 Å². The fourth-order valence-corrected chi connectivity index (χ4v) is 5.43. The van der Waals surface area contributed by atoms with Crippen LogP contribution in [-0.4, -0.2) is 63.0 Å². The Balaban J connectivity index is 1.32. The predicted molar refractivity (Wildman–Crippen MR) is 123 cm³/mol. The number of ether oxygens (including phenoxy) is 3. The second kappa shape index (κ2) is 9.02. The first-order valence-corrected chi connectivity index (χ1v) is 11.9. The number of hydrogen-bond acceptors (Lipinski definition) is 7. The van der Waals surface area contributed by atoms with E-state index in [0.29, 0.717) is 57.5 Å². The van der Waals surface area contributed by atoms with Crippen molar-refractivity contribution in [1.29, 1.82) is 0 Å². The number of halogens is 2. The van der Waals surface area contributed by atoms with Crippen LogP contribution in [0.25, 0.3) is 0 Å².